The van der Waals surface area contributed by atoms with Crippen LogP contribution in [0.1, 0.15) is 51.1 Å². The van der Waals surface area contributed by atoms with E-state index in [0.29, 0.717) is 28.7 Å². The molecule has 1 aliphatic carbocycles. The van der Waals surface area contributed by atoms with E-state index in [0.717, 1.165) is 37.1 Å². The number of unbranched alkanes of at least 4 members (excludes halogenated alkanes) is 1. The lowest BCUT2D eigenvalue weighted by Gasteiger charge is -2.17. The monoisotopic (exact) mass is 500 g/mol. The predicted molar refractivity (Wildman–Crippen MR) is 133 cm³/mol. The Bertz CT molecular complexity index is 1130. The molecule has 11 nitrogen and oxygen atoms in total. The summed E-state index contributed by atoms with van der Waals surface area (Å²) >= 11 is 1.54. The number of amides is 1. The van der Waals surface area contributed by atoms with Crippen molar-refractivity contribution in [3.63, 3.8) is 0 Å². The topological polar surface area (TPSA) is 151 Å². The van der Waals surface area contributed by atoms with Gasteiger partial charge in [-0.15, -0.1) is 5.10 Å². The molecule has 1 aliphatic rings. The summed E-state index contributed by atoms with van der Waals surface area (Å²) in [5.74, 6) is 0.365. The van der Waals surface area contributed by atoms with Crippen LogP contribution in [0.4, 0.5) is 5.82 Å². The molecular formula is C23H32N8O3S. The molecule has 1 saturated carbocycles. The van der Waals surface area contributed by atoms with Crippen molar-refractivity contribution in [2.75, 3.05) is 17.6 Å². The molecule has 188 valence electrons. The van der Waals surface area contributed by atoms with E-state index in [2.05, 4.69) is 49.7 Å². The molecule has 0 spiro atoms. The van der Waals surface area contributed by atoms with Crippen LogP contribution in [0.15, 0.2) is 29.7 Å². The Kier molecular flexibility index (Phi) is 8.47. The van der Waals surface area contributed by atoms with Gasteiger partial charge in [0.05, 0.1) is 18.1 Å². The van der Waals surface area contributed by atoms with E-state index in [9.17, 15) is 15.0 Å². The molecule has 0 radical (unpaired) electrons. The number of rotatable bonds is 11. The first-order valence-corrected chi connectivity index (χ1v) is 13.0. The standard InChI is InChI=1S/C23H32N8O3S/c1-3-5-8-25-20-17-21(28-23(27-20)35-11-4-2)31(30-29-17)16-12-15(18(32)19(16)33)22(34)26-13-14-6-9-24-10-7-14/h6-7,9-10,15-16,18-19,32-33H,3-5,8,11-13H2,1-2H3,(H,26,34)(H,25,27,28)/t15-,16?,18?,19?/m0/s1. The molecule has 3 aromatic heterocycles. The molecule has 3 heterocycles. The van der Waals surface area contributed by atoms with E-state index in [1.54, 1.807) is 24.2 Å². The summed E-state index contributed by atoms with van der Waals surface area (Å²) in [6.07, 6.45) is 4.12. The first-order chi connectivity index (χ1) is 17.0. The highest BCUT2D eigenvalue weighted by molar-refractivity contribution is 7.99. The number of carbonyl (C=O) groups is 1. The minimum absolute atomic E-state index is 0.211. The zero-order valence-electron chi connectivity index (χ0n) is 20.0. The summed E-state index contributed by atoms with van der Waals surface area (Å²) in [4.78, 5) is 26.1. The second-order valence-electron chi connectivity index (χ2n) is 8.65. The van der Waals surface area contributed by atoms with Crippen molar-refractivity contribution in [3.8, 4) is 0 Å². The van der Waals surface area contributed by atoms with E-state index in [-0.39, 0.29) is 12.3 Å². The van der Waals surface area contributed by atoms with E-state index in [4.69, 9.17) is 0 Å². The number of anilines is 1. The van der Waals surface area contributed by atoms with Crippen LogP contribution in [0, 0.1) is 5.92 Å². The van der Waals surface area contributed by atoms with Gasteiger partial charge in [-0.05, 0) is 37.0 Å². The molecule has 1 fully saturated rings. The minimum atomic E-state index is -1.23. The van der Waals surface area contributed by atoms with Crippen LogP contribution >= 0.6 is 11.8 Å². The highest BCUT2D eigenvalue weighted by Gasteiger charge is 2.47. The Hall–Kier alpha value is -2.83. The number of aliphatic hydroxyl groups excluding tert-OH is 2. The largest absolute Gasteiger partial charge is 0.390 e. The van der Waals surface area contributed by atoms with Crippen molar-refractivity contribution in [2.24, 2.45) is 5.92 Å². The molecule has 12 heteroatoms. The van der Waals surface area contributed by atoms with Crippen LogP contribution in [0.2, 0.25) is 0 Å². The van der Waals surface area contributed by atoms with E-state index in [1.807, 2.05) is 12.1 Å². The maximum atomic E-state index is 12.8. The Labute approximate surface area is 208 Å². The third-order valence-corrected chi connectivity index (χ3v) is 7.13. The van der Waals surface area contributed by atoms with E-state index < -0.39 is 24.2 Å². The van der Waals surface area contributed by atoms with Gasteiger partial charge < -0.3 is 20.8 Å². The number of nitrogens with zero attached hydrogens (tertiary/aromatic N) is 6. The summed E-state index contributed by atoms with van der Waals surface area (Å²) in [6, 6.07) is 2.98. The lowest BCUT2D eigenvalue weighted by molar-refractivity contribution is -0.129. The highest BCUT2D eigenvalue weighted by Crippen LogP contribution is 2.37. The summed E-state index contributed by atoms with van der Waals surface area (Å²) < 4.78 is 1.53. The van der Waals surface area contributed by atoms with Crippen LogP contribution in [0.3, 0.4) is 0 Å². The van der Waals surface area contributed by atoms with Gasteiger partial charge in [-0.2, -0.15) is 0 Å². The maximum absolute atomic E-state index is 12.8. The van der Waals surface area contributed by atoms with Crippen molar-refractivity contribution in [3.05, 3.63) is 30.1 Å². The highest BCUT2D eigenvalue weighted by atomic mass is 32.2. The number of fused-ring (bicyclic) bond motifs is 1. The minimum Gasteiger partial charge on any atom is -0.390 e. The van der Waals surface area contributed by atoms with Crippen LogP contribution in [-0.2, 0) is 11.3 Å². The Morgan fingerprint density at radius 2 is 1.97 bits per heavy atom. The number of hydrogen-bond acceptors (Lipinski definition) is 10. The fraction of sp³-hybridized carbons (Fsp3) is 0.565. The maximum Gasteiger partial charge on any atom is 0.226 e. The zero-order valence-corrected chi connectivity index (χ0v) is 20.8. The molecule has 0 aromatic carbocycles. The molecule has 1 amide bonds. The fourth-order valence-corrected chi connectivity index (χ4v) is 4.82. The van der Waals surface area contributed by atoms with Gasteiger partial charge in [0.1, 0.15) is 6.10 Å². The van der Waals surface area contributed by atoms with Crippen LogP contribution in [0.5, 0.6) is 0 Å². The van der Waals surface area contributed by atoms with Gasteiger partial charge in [-0.25, -0.2) is 14.6 Å². The molecular weight excluding hydrogens is 468 g/mol. The van der Waals surface area contributed by atoms with Crippen LogP contribution in [-0.4, -0.2) is 70.6 Å². The molecule has 0 aliphatic heterocycles. The Morgan fingerprint density at radius 3 is 2.71 bits per heavy atom. The second-order valence-corrected chi connectivity index (χ2v) is 9.72. The van der Waals surface area contributed by atoms with Crippen LogP contribution in [0.25, 0.3) is 11.2 Å². The quantitative estimate of drug-likeness (QED) is 0.175. The van der Waals surface area contributed by atoms with Gasteiger partial charge in [-0.3, -0.25) is 9.78 Å². The number of thioether (sulfide) groups is 1. The van der Waals surface area contributed by atoms with Crippen molar-refractivity contribution in [1.82, 2.24) is 35.3 Å². The van der Waals surface area contributed by atoms with Gasteiger partial charge in [0.15, 0.2) is 22.1 Å². The summed E-state index contributed by atoms with van der Waals surface area (Å²) in [6.45, 7) is 5.27. The normalized spacial score (nSPS) is 21.9. The SMILES string of the molecule is CCCCNc1nc(SCCC)nc2c1nnn2C1C[C@H](C(=O)NCc2ccncc2)C(O)C1O. The molecule has 4 atom stereocenters. The van der Waals surface area contributed by atoms with Gasteiger partial charge >= 0.3 is 0 Å². The van der Waals surface area contributed by atoms with Gasteiger partial charge in [0.25, 0.3) is 0 Å². The van der Waals surface area contributed by atoms with Crippen LogP contribution < -0.4 is 10.6 Å². The van der Waals surface area contributed by atoms with Gasteiger partial charge in [-0.1, -0.05) is 37.2 Å². The number of aliphatic hydroxyl groups is 2. The van der Waals surface area contributed by atoms with Gasteiger partial charge in [0.2, 0.25) is 5.91 Å². The van der Waals surface area contributed by atoms with E-state index in [1.165, 1.54) is 4.68 Å². The Balaban J connectivity index is 1.56. The number of nitrogens with one attached hydrogen (secondary N) is 2. The molecule has 35 heavy (non-hydrogen) atoms. The summed E-state index contributed by atoms with van der Waals surface area (Å²) in [5.41, 5.74) is 1.89. The molecule has 0 bridgehead atoms. The molecule has 3 unspecified atom stereocenters. The molecule has 4 N–H and O–H groups in total. The van der Waals surface area contributed by atoms with E-state index >= 15 is 0 Å². The third-order valence-electron chi connectivity index (χ3n) is 6.08. The average molecular weight is 501 g/mol. The first kappa shape index (κ1) is 25.3. The van der Waals surface area contributed by atoms with Crippen molar-refractivity contribution >= 4 is 34.7 Å². The molecule has 4 rings (SSSR count). The number of aromatic nitrogens is 6. The zero-order chi connectivity index (χ0) is 24.8. The predicted octanol–water partition coefficient (Wildman–Crippen LogP) is 1.93. The summed E-state index contributed by atoms with van der Waals surface area (Å²) in [5, 5.41) is 36.9. The first-order valence-electron chi connectivity index (χ1n) is 12.1. The van der Waals surface area contributed by atoms with Gasteiger partial charge in [0, 0.05) is 31.2 Å². The average Bonchev–Trinajstić information content (AvgIpc) is 3.42. The smallest absolute Gasteiger partial charge is 0.226 e. The molecule has 3 aromatic rings. The third kappa shape index (κ3) is 5.71. The number of hydrogen-bond donors (Lipinski definition) is 4. The Morgan fingerprint density at radius 1 is 1.17 bits per heavy atom. The van der Waals surface area contributed by atoms with Crippen molar-refractivity contribution in [1.29, 1.82) is 0 Å². The summed E-state index contributed by atoms with van der Waals surface area (Å²) in [7, 11) is 0. The second kappa shape index (κ2) is 11.7. The van der Waals surface area contributed by atoms with Crippen molar-refractivity contribution < 1.29 is 15.0 Å². The fourth-order valence-electron chi connectivity index (χ4n) is 4.13. The van der Waals surface area contributed by atoms with Crippen molar-refractivity contribution in [2.45, 2.75) is 69.5 Å². The number of pyridine rings is 1. The lowest BCUT2D eigenvalue weighted by atomic mass is 10.0. The molecule has 0 saturated heterocycles. The lowest BCUT2D eigenvalue weighted by Crippen LogP contribution is -2.38. The number of carbonyl (C=O) groups excluding carboxylic acids is 1.